The Morgan fingerprint density at radius 3 is 2.60 bits per heavy atom. The van der Waals surface area contributed by atoms with Crippen LogP contribution in [-0.2, 0) is 0 Å². The minimum atomic E-state index is 0.445. The molecular formula is C9H5BrCl2N2O. The molecule has 2 rings (SSSR count). The Morgan fingerprint density at radius 1 is 1.33 bits per heavy atom. The number of hydrogen-bond donors (Lipinski definition) is 0. The van der Waals surface area contributed by atoms with E-state index in [0.29, 0.717) is 27.3 Å². The van der Waals surface area contributed by atoms with Crippen LogP contribution in [0.4, 0.5) is 0 Å². The smallest absolute Gasteiger partial charge is 0.223 e. The molecule has 0 aliphatic heterocycles. The lowest BCUT2D eigenvalue weighted by Crippen LogP contribution is -1.85. The average Bonchev–Trinajstić information content (AvgIpc) is 2.49. The summed E-state index contributed by atoms with van der Waals surface area (Å²) < 4.78 is 5.62. The standard InChI is InChI=1S/C9H5BrCl2N2O/c1-4-13-9(14-15-4)8-6(10)2-5(11)3-7(8)12/h2-3H,1H3. The SMILES string of the molecule is Cc1nc(-c2c(Cl)cc(Cl)cc2Br)no1. The first-order valence-electron chi connectivity index (χ1n) is 4.03. The zero-order chi connectivity index (χ0) is 11.0. The molecule has 15 heavy (non-hydrogen) atoms. The van der Waals surface area contributed by atoms with Crippen molar-refractivity contribution >= 4 is 39.1 Å². The van der Waals surface area contributed by atoms with Gasteiger partial charge in [0.15, 0.2) is 0 Å². The van der Waals surface area contributed by atoms with E-state index in [-0.39, 0.29) is 0 Å². The van der Waals surface area contributed by atoms with E-state index in [1.54, 1.807) is 19.1 Å². The lowest BCUT2D eigenvalue weighted by Gasteiger charge is -2.02. The summed E-state index contributed by atoms with van der Waals surface area (Å²) in [5.74, 6) is 0.934. The molecule has 0 saturated heterocycles. The highest BCUT2D eigenvalue weighted by Gasteiger charge is 2.14. The van der Waals surface area contributed by atoms with Crippen LogP contribution in [-0.4, -0.2) is 10.1 Å². The number of aryl methyl sites for hydroxylation is 1. The van der Waals surface area contributed by atoms with E-state index >= 15 is 0 Å². The van der Waals surface area contributed by atoms with Gasteiger partial charge in [0, 0.05) is 16.4 Å². The molecule has 0 unspecified atom stereocenters. The Hall–Kier alpha value is -0.580. The lowest BCUT2D eigenvalue weighted by atomic mass is 10.2. The molecule has 0 spiro atoms. The van der Waals surface area contributed by atoms with Gasteiger partial charge in [-0.1, -0.05) is 28.4 Å². The van der Waals surface area contributed by atoms with Crippen molar-refractivity contribution in [3.63, 3.8) is 0 Å². The predicted octanol–water partition coefficient (Wildman–Crippen LogP) is 4.11. The highest BCUT2D eigenvalue weighted by atomic mass is 79.9. The van der Waals surface area contributed by atoms with Crippen molar-refractivity contribution in [2.45, 2.75) is 6.92 Å². The Bertz CT molecular complexity index is 490. The van der Waals surface area contributed by atoms with E-state index in [4.69, 9.17) is 27.7 Å². The summed E-state index contributed by atoms with van der Waals surface area (Å²) >= 11 is 15.2. The summed E-state index contributed by atoms with van der Waals surface area (Å²) in [5, 5.41) is 4.83. The number of rotatable bonds is 1. The molecule has 0 fully saturated rings. The van der Waals surface area contributed by atoms with E-state index in [2.05, 4.69) is 26.1 Å². The van der Waals surface area contributed by atoms with Gasteiger partial charge in [-0.05, 0) is 28.1 Å². The molecular weight excluding hydrogens is 303 g/mol. The summed E-state index contributed by atoms with van der Waals surface area (Å²) in [6.45, 7) is 1.72. The van der Waals surface area contributed by atoms with Crippen LogP contribution >= 0.6 is 39.1 Å². The number of halogens is 3. The maximum atomic E-state index is 6.04. The third kappa shape index (κ3) is 2.17. The van der Waals surface area contributed by atoms with Crippen molar-refractivity contribution < 1.29 is 4.52 Å². The fourth-order valence-electron chi connectivity index (χ4n) is 1.16. The minimum Gasteiger partial charge on any atom is -0.339 e. The summed E-state index contributed by atoms with van der Waals surface area (Å²) in [4.78, 5) is 4.10. The number of aromatic nitrogens is 2. The van der Waals surface area contributed by atoms with Gasteiger partial charge >= 0.3 is 0 Å². The molecule has 0 saturated carbocycles. The van der Waals surface area contributed by atoms with E-state index < -0.39 is 0 Å². The van der Waals surface area contributed by atoms with Crippen LogP contribution in [0.2, 0.25) is 10.0 Å². The minimum absolute atomic E-state index is 0.445. The molecule has 0 aliphatic carbocycles. The molecule has 0 atom stereocenters. The fraction of sp³-hybridized carbons (Fsp3) is 0.111. The Morgan fingerprint density at radius 2 is 2.07 bits per heavy atom. The lowest BCUT2D eigenvalue weighted by molar-refractivity contribution is 0.394. The van der Waals surface area contributed by atoms with Crippen LogP contribution in [0.25, 0.3) is 11.4 Å². The Labute approximate surface area is 105 Å². The van der Waals surface area contributed by atoms with E-state index in [0.717, 1.165) is 4.47 Å². The van der Waals surface area contributed by atoms with Crippen LogP contribution < -0.4 is 0 Å². The molecule has 1 aromatic heterocycles. The summed E-state index contributed by atoms with van der Waals surface area (Å²) in [5.41, 5.74) is 0.679. The zero-order valence-corrected chi connectivity index (χ0v) is 10.7. The normalized spacial score (nSPS) is 10.7. The molecule has 1 aromatic carbocycles. The molecule has 2 aromatic rings. The first kappa shape index (κ1) is 10.9. The Kier molecular flexibility index (Phi) is 3.00. The highest BCUT2D eigenvalue weighted by Crippen LogP contribution is 2.35. The van der Waals surface area contributed by atoms with E-state index in [1.165, 1.54) is 0 Å². The van der Waals surface area contributed by atoms with Gasteiger partial charge in [0.05, 0.1) is 10.6 Å². The van der Waals surface area contributed by atoms with E-state index in [1.807, 2.05) is 0 Å². The third-order valence-electron chi connectivity index (χ3n) is 1.76. The fourth-order valence-corrected chi connectivity index (χ4v) is 2.62. The first-order chi connectivity index (χ1) is 7.08. The molecule has 0 radical (unpaired) electrons. The van der Waals surface area contributed by atoms with Gasteiger partial charge < -0.3 is 4.52 Å². The van der Waals surface area contributed by atoms with Crippen LogP contribution in [0, 0.1) is 6.92 Å². The van der Waals surface area contributed by atoms with Crippen molar-refractivity contribution in [2.75, 3.05) is 0 Å². The van der Waals surface area contributed by atoms with Gasteiger partial charge in [-0.15, -0.1) is 0 Å². The second kappa shape index (κ2) is 4.12. The van der Waals surface area contributed by atoms with E-state index in [9.17, 15) is 0 Å². The Balaban J connectivity index is 2.62. The van der Waals surface area contributed by atoms with Crippen molar-refractivity contribution in [3.8, 4) is 11.4 Å². The average molecular weight is 308 g/mol. The van der Waals surface area contributed by atoms with Gasteiger partial charge in [-0.2, -0.15) is 4.98 Å². The predicted molar refractivity (Wildman–Crippen MR) is 62.2 cm³/mol. The number of benzene rings is 1. The quantitative estimate of drug-likeness (QED) is 0.795. The van der Waals surface area contributed by atoms with Gasteiger partial charge in [-0.25, -0.2) is 0 Å². The first-order valence-corrected chi connectivity index (χ1v) is 5.58. The van der Waals surface area contributed by atoms with Crippen LogP contribution in [0.1, 0.15) is 5.89 Å². The highest BCUT2D eigenvalue weighted by molar-refractivity contribution is 9.10. The largest absolute Gasteiger partial charge is 0.339 e. The zero-order valence-electron chi connectivity index (χ0n) is 7.59. The molecule has 0 N–H and O–H groups in total. The van der Waals surface area contributed by atoms with Gasteiger partial charge in [0.2, 0.25) is 11.7 Å². The summed E-state index contributed by atoms with van der Waals surface area (Å²) in [6, 6.07) is 3.36. The molecule has 6 heteroatoms. The second-order valence-corrected chi connectivity index (χ2v) is 4.58. The molecule has 0 aliphatic rings. The summed E-state index contributed by atoms with van der Waals surface area (Å²) in [6.07, 6.45) is 0. The maximum absolute atomic E-state index is 6.04. The molecule has 0 bridgehead atoms. The van der Waals surface area contributed by atoms with Gasteiger partial charge in [0.25, 0.3) is 0 Å². The monoisotopic (exact) mass is 306 g/mol. The molecule has 78 valence electrons. The summed E-state index contributed by atoms with van der Waals surface area (Å²) in [7, 11) is 0. The molecule has 0 amide bonds. The molecule has 3 nitrogen and oxygen atoms in total. The van der Waals surface area contributed by atoms with Gasteiger partial charge in [-0.3, -0.25) is 0 Å². The number of hydrogen-bond acceptors (Lipinski definition) is 3. The van der Waals surface area contributed by atoms with Crippen LogP contribution in [0.5, 0.6) is 0 Å². The maximum Gasteiger partial charge on any atom is 0.223 e. The number of nitrogens with zero attached hydrogens (tertiary/aromatic N) is 2. The van der Waals surface area contributed by atoms with Crippen molar-refractivity contribution in [3.05, 3.63) is 32.5 Å². The molecule has 1 heterocycles. The van der Waals surface area contributed by atoms with Crippen LogP contribution in [0.3, 0.4) is 0 Å². The van der Waals surface area contributed by atoms with Gasteiger partial charge in [0.1, 0.15) is 0 Å². The van der Waals surface area contributed by atoms with Crippen molar-refractivity contribution in [1.82, 2.24) is 10.1 Å². The topological polar surface area (TPSA) is 38.9 Å². The van der Waals surface area contributed by atoms with Crippen LogP contribution in [0.15, 0.2) is 21.1 Å². The third-order valence-corrected chi connectivity index (χ3v) is 2.90. The second-order valence-electron chi connectivity index (χ2n) is 2.88. The van der Waals surface area contributed by atoms with Crippen molar-refractivity contribution in [2.24, 2.45) is 0 Å². The van der Waals surface area contributed by atoms with Crippen molar-refractivity contribution in [1.29, 1.82) is 0 Å².